The number of rotatable bonds is 6. The number of hydrogen-bond donors (Lipinski definition) is 0. The van der Waals surface area contributed by atoms with Crippen LogP contribution < -0.4 is 0 Å². The van der Waals surface area contributed by atoms with E-state index in [4.69, 9.17) is 5.26 Å². The van der Waals surface area contributed by atoms with Crippen LogP contribution in [0.2, 0.25) is 0 Å². The highest BCUT2D eigenvalue weighted by molar-refractivity contribution is 6.08. The average molecular weight is 350 g/mol. The fourth-order valence-electron chi connectivity index (χ4n) is 3.27. The third kappa shape index (κ3) is 3.64. The van der Waals surface area contributed by atoms with Crippen molar-refractivity contribution >= 4 is 5.78 Å². The highest BCUT2D eigenvalue weighted by atomic mass is 16.1. The maximum absolute atomic E-state index is 12.6. The van der Waals surface area contributed by atoms with Gasteiger partial charge in [-0.15, -0.1) is 0 Å². The van der Waals surface area contributed by atoms with E-state index >= 15 is 0 Å². The van der Waals surface area contributed by atoms with Gasteiger partial charge >= 0.3 is 0 Å². The fourth-order valence-corrected chi connectivity index (χ4v) is 3.27. The zero-order chi connectivity index (χ0) is 19.1. The molecule has 0 amide bonds. The molecule has 0 aliphatic rings. The summed E-state index contributed by atoms with van der Waals surface area (Å²) in [5.41, 5.74) is 1.93. The van der Waals surface area contributed by atoms with E-state index < -0.39 is 5.41 Å². The third-order valence-corrected chi connectivity index (χ3v) is 4.75. The third-order valence-electron chi connectivity index (χ3n) is 4.75. The predicted octanol–water partition coefficient (Wildman–Crippen LogP) is 5.03. The van der Waals surface area contributed by atoms with Gasteiger partial charge < -0.3 is 0 Å². The van der Waals surface area contributed by atoms with Crippen LogP contribution >= 0.6 is 0 Å². The van der Waals surface area contributed by atoms with Gasteiger partial charge in [-0.05, 0) is 17.5 Å². The second-order valence-corrected chi connectivity index (χ2v) is 6.31. The second-order valence-electron chi connectivity index (χ2n) is 6.31. The molecule has 27 heavy (non-hydrogen) atoms. The Morgan fingerprint density at radius 2 is 1.26 bits per heavy atom. The molecule has 0 radical (unpaired) electrons. The molecular weight excluding hydrogens is 332 g/mol. The molecule has 3 rings (SSSR count). The number of nitriles is 2. The van der Waals surface area contributed by atoms with Crippen molar-refractivity contribution in [2.75, 3.05) is 0 Å². The van der Waals surface area contributed by atoms with E-state index in [0.717, 1.165) is 11.1 Å². The van der Waals surface area contributed by atoms with Crippen molar-refractivity contribution in [3.8, 4) is 12.1 Å². The molecule has 0 aromatic heterocycles. The molecule has 0 aliphatic heterocycles. The molecule has 3 aromatic rings. The predicted molar refractivity (Wildman–Crippen MR) is 104 cm³/mol. The first-order valence-electron chi connectivity index (χ1n) is 8.75. The quantitative estimate of drug-likeness (QED) is 0.586. The first-order chi connectivity index (χ1) is 13.2. The lowest BCUT2D eigenvalue weighted by Crippen LogP contribution is -2.25. The van der Waals surface area contributed by atoms with E-state index in [1.165, 1.54) is 0 Å². The average Bonchev–Trinajstić information content (AvgIpc) is 2.76. The number of benzene rings is 3. The van der Waals surface area contributed by atoms with Crippen molar-refractivity contribution in [3.63, 3.8) is 0 Å². The van der Waals surface area contributed by atoms with Crippen LogP contribution in [0, 0.1) is 22.7 Å². The van der Waals surface area contributed by atoms with E-state index in [1.54, 1.807) is 24.3 Å². The zero-order valence-electron chi connectivity index (χ0n) is 14.8. The maximum atomic E-state index is 12.6. The van der Waals surface area contributed by atoms with Crippen molar-refractivity contribution in [2.45, 2.75) is 18.3 Å². The smallest absolute Gasteiger partial charge is 0.193 e. The van der Waals surface area contributed by atoms with Gasteiger partial charge in [0.1, 0.15) is 5.41 Å². The van der Waals surface area contributed by atoms with Crippen molar-refractivity contribution in [1.82, 2.24) is 0 Å². The molecule has 3 nitrogen and oxygen atoms in total. The van der Waals surface area contributed by atoms with Gasteiger partial charge in [0.25, 0.3) is 0 Å². The van der Waals surface area contributed by atoms with E-state index in [-0.39, 0.29) is 12.2 Å². The van der Waals surface area contributed by atoms with Crippen LogP contribution in [0.15, 0.2) is 84.9 Å². The Bertz CT molecular complexity index is 996. The number of carbonyl (C=O) groups is 1. The molecule has 1 atom stereocenters. The number of nitrogens with zero attached hydrogens (tertiary/aromatic N) is 2. The minimum absolute atomic E-state index is 0.0542. The van der Waals surface area contributed by atoms with Gasteiger partial charge in [0, 0.05) is 17.5 Å². The van der Waals surface area contributed by atoms with Crippen LogP contribution in [-0.4, -0.2) is 5.78 Å². The molecular formula is C24H18N2O. The maximum Gasteiger partial charge on any atom is 0.193 e. The molecule has 0 heterocycles. The van der Waals surface area contributed by atoms with Gasteiger partial charge in [-0.25, -0.2) is 0 Å². The van der Waals surface area contributed by atoms with Gasteiger partial charge in [-0.1, -0.05) is 84.9 Å². The Labute approximate surface area is 159 Å². The van der Waals surface area contributed by atoms with Crippen LogP contribution in [0.5, 0.6) is 0 Å². The normalized spacial score (nSPS) is 12.4. The molecule has 0 saturated heterocycles. The van der Waals surface area contributed by atoms with Crippen molar-refractivity contribution in [1.29, 1.82) is 10.5 Å². The molecule has 130 valence electrons. The van der Waals surface area contributed by atoms with Gasteiger partial charge in [-0.2, -0.15) is 10.5 Å². The first-order valence-corrected chi connectivity index (χ1v) is 8.75. The Morgan fingerprint density at radius 3 is 1.81 bits per heavy atom. The summed E-state index contributed by atoms with van der Waals surface area (Å²) in [5.74, 6) is -0.0542. The first kappa shape index (κ1) is 18.1. The Hall–Kier alpha value is -3.69. The minimum Gasteiger partial charge on any atom is -0.289 e. The molecule has 3 aromatic carbocycles. The summed E-state index contributed by atoms with van der Waals surface area (Å²) >= 11 is 0. The summed E-state index contributed by atoms with van der Waals surface area (Å²) in [6.45, 7) is 0. The Kier molecular flexibility index (Phi) is 5.45. The van der Waals surface area contributed by atoms with Crippen LogP contribution in [0.1, 0.15) is 39.9 Å². The lowest BCUT2D eigenvalue weighted by Gasteiger charge is -2.27. The number of carbonyl (C=O) groups excluding carboxylic acids is 1. The van der Waals surface area contributed by atoms with E-state index in [2.05, 4.69) is 12.1 Å². The summed E-state index contributed by atoms with van der Waals surface area (Å²) in [5, 5.41) is 19.1. The van der Waals surface area contributed by atoms with E-state index in [9.17, 15) is 10.1 Å². The largest absolute Gasteiger partial charge is 0.289 e. The summed E-state index contributed by atoms with van der Waals surface area (Å²) in [4.78, 5) is 12.6. The Morgan fingerprint density at radius 1 is 0.741 bits per heavy atom. The van der Waals surface area contributed by atoms with Gasteiger partial charge in [0.15, 0.2) is 5.78 Å². The number of hydrogen-bond acceptors (Lipinski definition) is 3. The molecule has 0 fully saturated rings. The summed E-state index contributed by atoms with van der Waals surface area (Å²) in [6, 6.07) is 30.3. The minimum atomic E-state index is -0.911. The SMILES string of the molecule is N#CCC[C@](C#N)(c1ccccc1)c1ccc(C(=O)c2ccccc2)cc1. The van der Waals surface area contributed by atoms with Crippen LogP contribution in [0.25, 0.3) is 0 Å². The lowest BCUT2D eigenvalue weighted by atomic mass is 9.72. The van der Waals surface area contributed by atoms with Gasteiger partial charge in [0.05, 0.1) is 12.1 Å². The molecule has 0 unspecified atom stereocenters. The van der Waals surface area contributed by atoms with Crippen LogP contribution in [0.4, 0.5) is 0 Å². The summed E-state index contributed by atoms with van der Waals surface area (Å²) < 4.78 is 0. The fraction of sp³-hybridized carbons (Fsp3) is 0.125. The van der Waals surface area contributed by atoms with Crippen molar-refractivity contribution in [2.24, 2.45) is 0 Å². The van der Waals surface area contributed by atoms with Crippen molar-refractivity contribution in [3.05, 3.63) is 107 Å². The lowest BCUT2D eigenvalue weighted by molar-refractivity contribution is 0.103. The Balaban J connectivity index is 2.00. The molecule has 0 aliphatic carbocycles. The number of ketones is 1. The van der Waals surface area contributed by atoms with Crippen LogP contribution in [-0.2, 0) is 5.41 Å². The monoisotopic (exact) mass is 350 g/mol. The molecule has 0 N–H and O–H groups in total. The second kappa shape index (κ2) is 8.13. The summed E-state index contributed by atoms with van der Waals surface area (Å²) in [6.07, 6.45) is 0.670. The van der Waals surface area contributed by atoms with E-state index in [0.29, 0.717) is 17.5 Å². The van der Waals surface area contributed by atoms with Crippen molar-refractivity contribution < 1.29 is 4.79 Å². The highest BCUT2D eigenvalue weighted by Gasteiger charge is 2.34. The molecule has 0 spiro atoms. The standard InChI is InChI=1S/C24H18N2O/c25-17-7-16-24(18-26,21-10-5-2-6-11-21)22-14-12-20(13-15-22)23(27)19-8-3-1-4-9-19/h1-6,8-15H,7,16H2/t24-/m0/s1. The van der Waals surface area contributed by atoms with Crippen LogP contribution in [0.3, 0.4) is 0 Å². The highest BCUT2D eigenvalue weighted by Crippen LogP contribution is 2.36. The molecule has 3 heteroatoms. The topological polar surface area (TPSA) is 64.7 Å². The summed E-state index contributed by atoms with van der Waals surface area (Å²) in [7, 11) is 0. The molecule has 0 saturated carbocycles. The zero-order valence-corrected chi connectivity index (χ0v) is 14.8. The van der Waals surface area contributed by atoms with Gasteiger partial charge in [0.2, 0.25) is 0 Å². The van der Waals surface area contributed by atoms with Gasteiger partial charge in [-0.3, -0.25) is 4.79 Å². The van der Waals surface area contributed by atoms with E-state index in [1.807, 2.05) is 60.7 Å². The molecule has 0 bridgehead atoms.